The van der Waals surface area contributed by atoms with Gasteiger partial charge in [0.05, 0.1) is 6.04 Å². The topological polar surface area (TPSA) is 86.9 Å². The minimum atomic E-state index is -0.446. The number of benzene rings is 1. The van der Waals surface area contributed by atoms with Gasteiger partial charge in [-0.25, -0.2) is 0 Å². The average Bonchev–Trinajstić information content (AvgIpc) is 2.54. The van der Waals surface area contributed by atoms with Crippen molar-refractivity contribution in [1.82, 2.24) is 9.80 Å². The molecule has 1 heterocycles. The molecule has 1 fully saturated rings. The maximum Gasteiger partial charge on any atom is 0.254 e. The summed E-state index contributed by atoms with van der Waals surface area (Å²) >= 11 is 0. The molecule has 1 atom stereocenters. The Hall–Kier alpha value is -1.79. The third-order valence-corrected chi connectivity index (χ3v) is 3.89. The number of nitrogens with two attached hydrogens (primary N) is 1. The van der Waals surface area contributed by atoms with Crippen LogP contribution < -0.4 is 5.73 Å². The summed E-state index contributed by atoms with van der Waals surface area (Å²) in [7, 11) is 0. The molecule has 1 aliphatic heterocycles. The molecule has 0 aromatic heterocycles. The summed E-state index contributed by atoms with van der Waals surface area (Å²) < 4.78 is 0. The molecular formula is C16H24ClN3O3. The number of phenolic OH excluding ortho intramolecular Hbond substituents is 1. The molecule has 1 aromatic carbocycles. The Morgan fingerprint density at radius 3 is 2.39 bits per heavy atom. The number of aromatic hydroxyl groups is 1. The van der Waals surface area contributed by atoms with E-state index in [0.717, 1.165) is 6.42 Å². The lowest BCUT2D eigenvalue weighted by molar-refractivity contribution is -0.134. The molecule has 23 heavy (non-hydrogen) atoms. The fraction of sp³-hybridized carbons (Fsp3) is 0.500. The number of hydrogen-bond acceptors (Lipinski definition) is 4. The van der Waals surface area contributed by atoms with Crippen LogP contribution in [-0.2, 0) is 4.79 Å². The molecule has 0 saturated carbocycles. The maximum absolute atomic E-state index is 12.4. The Kier molecular flexibility index (Phi) is 7.32. The molecule has 0 spiro atoms. The highest BCUT2D eigenvalue weighted by molar-refractivity contribution is 5.94. The van der Waals surface area contributed by atoms with Crippen LogP contribution in [0, 0.1) is 0 Å². The number of hydrogen-bond donors (Lipinski definition) is 2. The van der Waals surface area contributed by atoms with Crippen LogP contribution >= 0.6 is 12.4 Å². The number of rotatable bonds is 4. The van der Waals surface area contributed by atoms with Crippen molar-refractivity contribution in [2.24, 2.45) is 5.73 Å². The van der Waals surface area contributed by atoms with Crippen molar-refractivity contribution >= 4 is 24.2 Å². The van der Waals surface area contributed by atoms with Gasteiger partial charge in [-0.15, -0.1) is 12.4 Å². The first-order chi connectivity index (χ1) is 10.5. The number of halogens is 1. The summed E-state index contributed by atoms with van der Waals surface area (Å²) in [5.41, 5.74) is 6.32. The van der Waals surface area contributed by atoms with Crippen molar-refractivity contribution in [3.8, 4) is 5.75 Å². The van der Waals surface area contributed by atoms with Gasteiger partial charge in [0.1, 0.15) is 5.75 Å². The van der Waals surface area contributed by atoms with Crippen LogP contribution in [0.3, 0.4) is 0 Å². The highest BCUT2D eigenvalue weighted by Gasteiger charge is 2.27. The fourth-order valence-corrected chi connectivity index (χ4v) is 2.62. The smallest absolute Gasteiger partial charge is 0.254 e. The zero-order chi connectivity index (χ0) is 16.1. The van der Waals surface area contributed by atoms with E-state index in [0.29, 0.717) is 38.2 Å². The molecule has 1 unspecified atom stereocenters. The maximum atomic E-state index is 12.4. The first-order valence-corrected chi connectivity index (χ1v) is 7.65. The predicted molar refractivity (Wildman–Crippen MR) is 90.7 cm³/mol. The average molecular weight is 342 g/mol. The highest BCUT2D eigenvalue weighted by Crippen LogP contribution is 2.15. The minimum Gasteiger partial charge on any atom is -0.508 e. The summed E-state index contributed by atoms with van der Waals surface area (Å²) in [5.74, 6) is -0.0858. The molecule has 1 saturated heterocycles. The Morgan fingerprint density at radius 2 is 1.83 bits per heavy atom. The van der Waals surface area contributed by atoms with Gasteiger partial charge in [0.25, 0.3) is 5.91 Å². The summed E-state index contributed by atoms with van der Waals surface area (Å²) in [5, 5.41) is 9.45. The van der Waals surface area contributed by atoms with Gasteiger partial charge in [0.2, 0.25) is 5.91 Å². The number of nitrogens with zero attached hydrogens (tertiary/aromatic N) is 2. The molecule has 0 radical (unpaired) electrons. The van der Waals surface area contributed by atoms with E-state index in [9.17, 15) is 14.7 Å². The second-order valence-corrected chi connectivity index (χ2v) is 5.56. The quantitative estimate of drug-likeness (QED) is 0.862. The van der Waals surface area contributed by atoms with Gasteiger partial charge in [-0.1, -0.05) is 19.4 Å². The predicted octanol–water partition coefficient (Wildman–Crippen LogP) is 1.23. The molecular weight excluding hydrogens is 318 g/mol. The second-order valence-electron chi connectivity index (χ2n) is 5.56. The van der Waals surface area contributed by atoms with Crippen molar-refractivity contribution < 1.29 is 14.7 Å². The van der Waals surface area contributed by atoms with E-state index in [1.165, 1.54) is 12.1 Å². The second kappa shape index (κ2) is 8.74. The van der Waals surface area contributed by atoms with Gasteiger partial charge < -0.3 is 20.6 Å². The molecule has 1 aromatic rings. The van der Waals surface area contributed by atoms with E-state index in [-0.39, 0.29) is 30.0 Å². The van der Waals surface area contributed by atoms with E-state index in [1.807, 2.05) is 6.92 Å². The lowest BCUT2D eigenvalue weighted by atomic mass is 10.1. The summed E-state index contributed by atoms with van der Waals surface area (Å²) in [6, 6.07) is 5.86. The van der Waals surface area contributed by atoms with Crippen molar-refractivity contribution in [3.63, 3.8) is 0 Å². The molecule has 7 heteroatoms. The van der Waals surface area contributed by atoms with E-state index in [4.69, 9.17) is 5.73 Å². The molecule has 3 N–H and O–H groups in total. The van der Waals surface area contributed by atoms with Gasteiger partial charge in [-0.3, -0.25) is 9.59 Å². The molecule has 6 nitrogen and oxygen atoms in total. The van der Waals surface area contributed by atoms with Gasteiger partial charge in [0, 0.05) is 31.7 Å². The third-order valence-electron chi connectivity index (χ3n) is 3.89. The molecule has 2 amide bonds. The van der Waals surface area contributed by atoms with Gasteiger partial charge in [0.15, 0.2) is 0 Å². The lowest BCUT2D eigenvalue weighted by Crippen LogP contribution is -2.54. The molecule has 128 valence electrons. The standard InChI is InChI=1S/C16H23N3O3.ClH/c1-2-4-14(17)16(22)19-9-7-18(8-10-19)15(21)12-5-3-6-13(20)11-12;/h3,5-6,11,14,20H,2,4,7-10,17H2,1H3;1H. The number of piperazine rings is 1. The van der Waals surface area contributed by atoms with Gasteiger partial charge >= 0.3 is 0 Å². The highest BCUT2D eigenvalue weighted by atomic mass is 35.5. The zero-order valence-corrected chi connectivity index (χ0v) is 14.1. The van der Waals surface area contributed by atoms with E-state index in [2.05, 4.69) is 0 Å². The lowest BCUT2D eigenvalue weighted by Gasteiger charge is -2.36. The Morgan fingerprint density at radius 1 is 1.22 bits per heavy atom. The first-order valence-electron chi connectivity index (χ1n) is 7.65. The van der Waals surface area contributed by atoms with Crippen LogP contribution in [-0.4, -0.2) is 58.9 Å². The number of carbonyl (C=O) groups excluding carboxylic acids is 2. The molecule has 1 aliphatic rings. The zero-order valence-electron chi connectivity index (χ0n) is 13.3. The van der Waals surface area contributed by atoms with Crippen LogP contribution in [0.2, 0.25) is 0 Å². The van der Waals surface area contributed by atoms with Crippen LogP contribution in [0.5, 0.6) is 5.75 Å². The third kappa shape index (κ3) is 4.84. The molecule has 2 rings (SSSR count). The summed E-state index contributed by atoms with van der Waals surface area (Å²) in [6.07, 6.45) is 1.56. The monoisotopic (exact) mass is 341 g/mol. The van der Waals surface area contributed by atoms with Crippen LogP contribution in [0.1, 0.15) is 30.1 Å². The van der Waals surface area contributed by atoms with Crippen molar-refractivity contribution in [1.29, 1.82) is 0 Å². The van der Waals surface area contributed by atoms with Gasteiger partial charge in [-0.05, 0) is 24.6 Å². The van der Waals surface area contributed by atoms with Gasteiger partial charge in [-0.2, -0.15) is 0 Å². The number of phenols is 1. The van der Waals surface area contributed by atoms with E-state index >= 15 is 0 Å². The fourth-order valence-electron chi connectivity index (χ4n) is 2.62. The van der Waals surface area contributed by atoms with Crippen LogP contribution in [0.25, 0.3) is 0 Å². The first kappa shape index (κ1) is 19.3. The van der Waals surface area contributed by atoms with Crippen LogP contribution in [0.4, 0.5) is 0 Å². The van der Waals surface area contributed by atoms with Crippen molar-refractivity contribution in [2.75, 3.05) is 26.2 Å². The Labute approximate surface area is 142 Å². The number of amides is 2. The SMILES string of the molecule is CCCC(N)C(=O)N1CCN(C(=O)c2cccc(O)c2)CC1.Cl. The normalized spacial score (nSPS) is 15.7. The summed E-state index contributed by atoms with van der Waals surface area (Å²) in [6.45, 7) is 3.97. The Balaban J connectivity index is 0.00000264. The summed E-state index contributed by atoms with van der Waals surface area (Å²) in [4.78, 5) is 27.9. The van der Waals surface area contributed by atoms with Crippen molar-refractivity contribution in [2.45, 2.75) is 25.8 Å². The Bertz CT molecular complexity index is 545. The number of carbonyl (C=O) groups is 2. The minimum absolute atomic E-state index is 0. The van der Waals surface area contributed by atoms with E-state index < -0.39 is 6.04 Å². The molecule has 0 aliphatic carbocycles. The van der Waals surface area contributed by atoms with E-state index in [1.54, 1.807) is 21.9 Å². The van der Waals surface area contributed by atoms with Crippen LogP contribution in [0.15, 0.2) is 24.3 Å². The van der Waals surface area contributed by atoms with Crippen molar-refractivity contribution in [3.05, 3.63) is 29.8 Å². The molecule has 0 bridgehead atoms. The largest absolute Gasteiger partial charge is 0.508 e.